The highest BCUT2D eigenvalue weighted by Gasteiger charge is 2.40. The van der Waals surface area contributed by atoms with Gasteiger partial charge in [0, 0.05) is 11.6 Å². The Hall–Kier alpha value is -1.30. The van der Waals surface area contributed by atoms with Crippen LogP contribution in [-0.4, -0.2) is 23.9 Å². The quantitative estimate of drug-likeness (QED) is 0.852. The summed E-state index contributed by atoms with van der Waals surface area (Å²) in [6.07, 6.45) is -4.19. The smallest absolute Gasteiger partial charge is 0.389 e. The molecule has 0 amide bonds. The van der Waals surface area contributed by atoms with Crippen molar-refractivity contribution in [1.29, 1.82) is 0 Å². The first-order valence-corrected chi connectivity index (χ1v) is 6.09. The number of benzene rings is 1. The maximum absolute atomic E-state index is 13.9. The predicted octanol–water partition coefficient (Wildman–Crippen LogP) is 3.41. The Bertz CT molecular complexity index is 454. The van der Waals surface area contributed by atoms with Gasteiger partial charge in [-0.05, 0) is 25.8 Å². The van der Waals surface area contributed by atoms with Crippen LogP contribution >= 0.6 is 0 Å². The van der Waals surface area contributed by atoms with Crippen molar-refractivity contribution in [2.24, 2.45) is 0 Å². The van der Waals surface area contributed by atoms with Crippen LogP contribution < -0.4 is 4.90 Å². The molecule has 1 aliphatic carbocycles. The maximum atomic E-state index is 13.9. The summed E-state index contributed by atoms with van der Waals surface area (Å²) in [6.45, 7) is 0.218. The highest BCUT2D eigenvalue weighted by Crippen LogP contribution is 2.39. The van der Waals surface area contributed by atoms with Crippen LogP contribution in [0.3, 0.4) is 0 Å². The third-order valence-electron chi connectivity index (χ3n) is 3.09. The van der Waals surface area contributed by atoms with Crippen LogP contribution in [0.25, 0.3) is 0 Å². The average Bonchev–Trinajstić information content (AvgIpc) is 3.08. The van der Waals surface area contributed by atoms with E-state index >= 15 is 0 Å². The number of hydrogen-bond acceptors (Lipinski definition) is 2. The summed E-state index contributed by atoms with van der Waals surface area (Å²) in [7, 11) is 0. The third kappa shape index (κ3) is 3.37. The molecule has 0 unspecified atom stereocenters. The lowest BCUT2D eigenvalue weighted by Crippen LogP contribution is -2.37. The number of hydrogen-bond donors (Lipinski definition) is 1. The zero-order chi connectivity index (χ0) is 14.2. The van der Waals surface area contributed by atoms with Gasteiger partial charge in [-0.3, -0.25) is 0 Å². The van der Waals surface area contributed by atoms with Crippen LogP contribution in [-0.2, 0) is 0 Å². The van der Waals surface area contributed by atoms with Gasteiger partial charge in [0.1, 0.15) is 12.4 Å². The normalized spacial score (nSPS) is 17.4. The van der Waals surface area contributed by atoms with Gasteiger partial charge in [0.25, 0.3) is 0 Å². The van der Waals surface area contributed by atoms with Crippen molar-refractivity contribution < 1.29 is 22.7 Å². The van der Waals surface area contributed by atoms with Gasteiger partial charge in [-0.25, -0.2) is 4.39 Å². The van der Waals surface area contributed by atoms with Crippen molar-refractivity contribution >= 4 is 5.69 Å². The fraction of sp³-hybridized carbons (Fsp3) is 0.538. The van der Waals surface area contributed by atoms with Gasteiger partial charge in [-0.2, -0.15) is 13.2 Å². The molecule has 0 spiro atoms. The molecule has 19 heavy (non-hydrogen) atoms. The SMILES string of the molecule is C[C@H](O)c1cccc(F)c1N(CC(F)(F)F)C1CC1. The van der Waals surface area contributed by atoms with Crippen LogP contribution in [0.4, 0.5) is 23.2 Å². The molecule has 0 aliphatic heterocycles. The van der Waals surface area contributed by atoms with Crippen molar-refractivity contribution in [3.63, 3.8) is 0 Å². The Kier molecular flexibility index (Phi) is 3.71. The second kappa shape index (κ2) is 5.00. The standard InChI is InChI=1S/C13H15F4NO/c1-8(19)10-3-2-4-11(14)12(10)18(9-5-6-9)7-13(15,16)17/h2-4,8-9,19H,5-7H2,1H3/t8-/m0/s1. The number of alkyl halides is 3. The van der Waals surface area contributed by atoms with Gasteiger partial charge in [-0.15, -0.1) is 0 Å². The Balaban J connectivity index is 2.41. The van der Waals surface area contributed by atoms with Crippen LogP contribution in [0.1, 0.15) is 31.4 Å². The van der Waals surface area contributed by atoms with E-state index in [9.17, 15) is 22.7 Å². The summed E-state index contributed by atoms with van der Waals surface area (Å²) in [5.41, 5.74) is 0.0634. The van der Waals surface area contributed by atoms with E-state index in [2.05, 4.69) is 0 Å². The Morgan fingerprint density at radius 2 is 2.00 bits per heavy atom. The number of anilines is 1. The van der Waals surface area contributed by atoms with Gasteiger partial charge in [0.15, 0.2) is 0 Å². The monoisotopic (exact) mass is 277 g/mol. The summed E-state index contributed by atoms with van der Waals surface area (Å²) >= 11 is 0. The summed E-state index contributed by atoms with van der Waals surface area (Å²) in [6, 6.07) is 3.66. The minimum absolute atomic E-state index is 0.127. The molecule has 1 saturated carbocycles. The molecule has 1 aromatic carbocycles. The first kappa shape index (κ1) is 14.1. The molecule has 0 radical (unpaired) electrons. The summed E-state index contributed by atoms with van der Waals surface area (Å²) in [4.78, 5) is 1.03. The molecule has 106 valence electrons. The van der Waals surface area contributed by atoms with Crippen LogP contribution in [0.15, 0.2) is 18.2 Å². The van der Waals surface area contributed by atoms with Crippen molar-refractivity contribution in [2.75, 3.05) is 11.4 Å². The summed E-state index contributed by atoms with van der Waals surface area (Å²) < 4.78 is 51.8. The van der Waals surface area contributed by atoms with E-state index in [0.717, 1.165) is 11.0 Å². The predicted molar refractivity (Wildman–Crippen MR) is 63.5 cm³/mol. The van der Waals surface area contributed by atoms with Gasteiger partial charge < -0.3 is 10.0 Å². The van der Waals surface area contributed by atoms with Gasteiger partial charge in [0.05, 0.1) is 11.8 Å². The number of rotatable bonds is 4. The maximum Gasteiger partial charge on any atom is 0.405 e. The molecular weight excluding hydrogens is 262 g/mol. The molecule has 1 fully saturated rings. The first-order valence-electron chi connectivity index (χ1n) is 6.09. The molecule has 6 heteroatoms. The van der Waals surface area contributed by atoms with Crippen LogP contribution in [0, 0.1) is 5.82 Å². The van der Waals surface area contributed by atoms with Crippen molar-refractivity contribution in [2.45, 2.75) is 38.1 Å². The van der Waals surface area contributed by atoms with Gasteiger partial charge in [-0.1, -0.05) is 12.1 Å². The second-order valence-corrected chi connectivity index (χ2v) is 4.83. The lowest BCUT2D eigenvalue weighted by Gasteiger charge is -2.29. The van der Waals surface area contributed by atoms with E-state index < -0.39 is 24.6 Å². The van der Waals surface area contributed by atoms with E-state index in [-0.39, 0.29) is 17.3 Å². The minimum Gasteiger partial charge on any atom is -0.389 e. The minimum atomic E-state index is -4.40. The number of nitrogens with zero attached hydrogens (tertiary/aromatic N) is 1. The number of aliphatic hydroxyl groups is 1. The molecule has 2 rings (SSSR count). The highest BCUT2D eigenvalue weighted by atomic mass is 19.4. The lowest BCUT2D eigenvalue weighted by molar-refractivity contribution is -0.120. The third-order valence-corrected chi connectivity index (χ3v) is 3.09. The zero-order valence-corrected chi connectivity index (χ0v) is 10.4. The largest absolute Gasteiger partial charge is 0.405 e. The Morgan fingerprint density at radius 3 is 2.47 bits per heavy atom. The summed E-state index contributed by atoms with van der Waals surface area (Å²) in [5, 5.41) is 9.60. The first-order chi connectivity index (χ1) is 8.79. The molecular formula is C13H15F4NO. The second-order valence-electron chi connectivity index (χ2n) is 4.83. The van der Waals surface area contributed by atoms with Crippen molar-refractivity contribution in [1.82, 2.24) is 0 Å². The van der Waals surface area contributed by atoms with Crippen molar-refractivity contribution in [3.05, 3.63) is 29.6 Å². The van der Waals surface area contributed by atoms with Crippen LogP contribution in [0.5, 0.6) is 0 Å². The number of para-hydroxylation sites is 1. The molecule has 1 N–H and O–H groups in total. The van der Waals surface area contributed by atoms with Gasteiger partial charge >= 0.3 is 6.18 Å². The molecule has 1 aliphatic rings. The molecule has 1 aromatic rings. The molecule has 0 saturated heterocycles. The van der Waals surface area contributed by atoms with Gasteiger partial charge in [0.2, 0.25) is 0 Å². The highest BCUT2D eigenvalue weighted by molar-refractivity contribution is 5.57. The molecule has 1 atom stereocenters. The van der Waals surface area contributed by atoms with E-state index in [0.29, 0.717) is 12.8 Å². The fourth-order valence-electron chi connectivity index (χ4n) is 2.14. The number of halogens is 4. The fourth-order valence-corrected chi connectivity index (χ4v) is 2.14. The lowest BCUT2D eigenvalue weighted by atomic mass is 10.1. The Labute approximate surface area is 108 Å². The number of aliphatic hydroxyl groups excluding tert-OH is 1. The molecule has 0 aromatic heterocycles. The van der Waals surface area contributed by atoms with E-state index in [1.807, 2.05) is 0 Å². The Morgan fingerprint density at radius 1 is 1.37 bits per heavy atom. The topological polar surface area (TPSA) is 23.5 Å². The summed E-state index contributed by atoms with van der Waals surface area (Å²) in [5.74, 6) is -0.727. The van der Waals surface area contributed by atoms with E-state index in [4.69, 9.17) is 0 Å². The molecule has 0 bridgehead atoms. The van der Waals surface area contributed by atoms with Crippen molar-refractivity contribution in [3.8, 4) is 0 Å². The molecule has 0 heterocycles. The zero-order valence-electron chi connectivity index (χ0n) is 10.4. The van der Waals surface area contributed by atoms with E-state index in [1.165, 1.54) is 19.1 Å². The van der Waals surface area contributed by atoms with Crippen LogP contribution in [0.2, 0.25) is 0 Å². The van der Waals surface area contributed by atoms with E-state index in [1.54, 1.807) is 0 Å². The molecule has 2 nitrogen and oxygen atoms in total. The average molecular weight is 277 g/mol.